The van der Waals surface area contributed by atoms with Crippen molar-refractivity contribution >= 4 is 17.7 Å². The standard InChI is InChI=1S/C23H18FN5O2/c1-15-26-23(29-28-15)17-6-8-18(9-7-17)27-22(30)11-5-16-4-10-21(20(24)13-16)31-19-3-2-12-25-14-19/h2-14H,1H3,(H,27,30)(H,26,28,29)/b11-5+. The molecule has 0 atom stereocenters. The minimum Gasteiger partial charge on any atom is -0.453 e. The van der Waals surface area contributed by atoms with Gasteiger partial charge in [0, 0.05) is 23.5 Å². The molecule has 0 aliphatic rings. The molecule has 2 aromatic heterocycles. The second-order valence-corrected chi connectivity index (χ2v) is 6.63. The van der Waals surface area contributed by atoms with E-state index in [9.17, 15) is 9.18 Å². The van der Waals surface area contributed by atoms with Gasteiger partial charge in [0.05, 0.1) is 6.20 Å². The molecule has 154 valence electrons. The highest BCUT2D eigenvalue weighted by molar-refractivity contribution is 6.02. The highest BCUT2D eigenvalue weighted by Gasteiger charge is 2.07. The van der Waals surface area contributed by atoms with E-state index in [0.717, 1.165) is 11.4 Å². The Hall–Kier alpha value is -4.33. The molecule has 1 amide bonds. The van der Waals surface area contributed by atoms with Gasteiger partial charge in [0.25, 0.3) is 0 Å². The highest BCUT2D eigenvalue weighted by atomic mass is 19.1. The molecule has 0 spiro atoms. The number of pyridine rings is 1. The van der Waals surface area contributed by atoms with E-state index in [-0.39, 0.29) is 11.7 Å². The monoisotopic (exact) mass is 415 g/mol. The fourth-order valence-electron chi connectivity index (χ4n) is 2.77. The zero-order valence-electron chi connectivity index (χ0n) is 16.5. The summed E-state index contributed by atoms with van der Waals surface area (Å²) in [5, 5.41) is 9.64. The van der Waals surface area contributed by atoms with Gasteiger partial charge in [-0.2, -0.15) is 5.10 Å². The predicted molar refractivity (Wildman–Crippen MR) is 115 cm³/mol. The summed E-state index contributed by atoms with van der Waals surface area (Å²) < 4.78 is 19.8. The van der Waals surface area contributed by atoms with Gasteiger partial charge in [-0.15, -0.1) is 0 Å². The smallest absolute Gasteiger partial charge is 0.248 e. The van der Waals surface area contributed by atoms with Crippen LogP contribution in [-0.4, -0.2) is 26.1 Å². The second-order valence-electron chi connectivity index (χ2n) is 6.63. The Bertz CT molecular complexity index is 1220. The summed E-state index contributed by atoms with van der Waals surface area (Å²) in [5.74, 6) is 0.963. The summed E-state index contributed by atoms with van der Waals surface area (Å²) in [6.07, 6.45) is 5.96. The Morgan fingerprint density at radius 3 is 2.68 bits per heavy atom. The third-order valence-electron chi connectivity index (χ3n) is 4.25. The maximum Gasteiger partial charge on any atom is 0.248 e. The number of carbonyl (C=O) groups excluding carboxylic acids is 1. The van der Waals surface area contributed by atoms with Crippen molar-refractivity contribution in [2.75, 3.05) is 5.32 Å². The van der Waals surface area contributed by atoms with Crippen molar-refractivity contribution in [3.8, 4) is 22.9 Å². The molecule has 7 nitrogen and oxygen atoms in total. The lowest BCUT2D eigenvalue weighted by molar-refractivity contribution is -0.111. The summed E-state index contributed by atoms with van der Waals surface area (Å²) in [7, 11) is 0. The number of ether oxygens (including phenoxy) is 1. The molecule has 0 bridgehead atoms. The number of aryl methyl sites for hydroxylation is 1. The van der Waals surface area contributed by atoms with Crippen molar-refractivity contribution in [1.82, 2.24) is 20.2 Å². The number of rotatable bonds is 6. The van der Waals surface area contributed by atoms with Crippen LogP contribution in [0.5, 0.6) is 11.5 Å². The molecule has 0 unspecified atom stereocenters. The normalized spacial score (nSPS) is 10.9. The van der Waals surface area contributed by atoms with Crippen molar-refractivity contribution in [3.05, 3.63) is 90.3 Å². The molecule has 0 saturated heterocycles. The first-order valence-electron chi connectivity index (χ1n) is 9.43. The van der Waals surface area contributed by atoms with E-state index in [1.165, 1.54) is 30.5 Å². The summed E-state index contributed by atoms with van der Waals surface area (Å²) in [6, 6.07) is 15.0. The number of nitrogens with zero attached hydrogens (tertiary/aromatic N) is 3. The lowest BCUT2D eigenvalue weighted by Crippen LogP contribution is -2.07. The van der Waals surface area contributed by atoms with Crippen molar-refractivity contribution in [2.24, 2.45) is 0 Å². The van der Waals surface area contributed by atoms with E-state index < -0.39 is 5.82 Å². The number of aromatic nitrogens is 4. The molecule has 2 N–H and O–H groups in total. The molecule has 0 aliphatic carbocycles. The highest BCUT2D eigenvalue weighted by Crippen LogP contribution is 2.25. The number of amides is 1. The first-order valence-corrected chi connectivity index (χ1v) is 9.43. The van der Waals surface area contributed by atoms with Crippen LogP contribution in [0.4, 0.5) is 10.1 Å². The van der Waals surface area contributed by atoms with E-state index in [2.05, 4.69) is 25.5 Å². The first-order chi connectivity index (χ1) is 15.1. The minimum atomic E-state index is -0.538. The van der Waals surface area contributed by atoms with Gasteiger partial charge in [-0.3, -0.25) is 14.9 Å². The van der Waals surface area contributed by atoms with Gasteiger partial charge in [0.2, 0.25) is 5.91 Å². The number of anilines is 1. The largest absolute Gasteiger partial charge is 0.453 e. The first kappa shape index (κ1) is 20.0. The van der Waals surface area contributed by atoms with E-state index in [1.54, 1.807) is 36.5 Å². The zero-order chi connectivity index (χ0) is 21.6. The molecule has 0 saturated carbocycles. The number of hydrogen-bond donors (Lipinski definition) is 2. The third-order valence-corrected chi connectivity index (χ3v) is 4.25. The summed E-state index contributed by atoms with van der Waals surface area (Å²) in [4.78, 5) is 20.4. The van der Waals surface area contributed by atoms with Crippen LogP contribution in [0.25, 0.3) is 17.5 Å². The molecular weight excluding hydrogens is 397 g/mol. The van der Waals surface area contributed by atoms with Crippen LogP contribution < -0.4 is 10.1 Å². The lowest BCUT2D eigenvalue weighted by Gasteiger charge is -2.06. The molecule has 8 heteroatoms. The third kappa shape index (κ3) is 5.18. The summed E-state index contributed by atoms with van der Waals surface area (Å²) in [6.45, 7) is 1.82. The molecular formula is C23H18FN5O2. The zero-order valence-corrected chi connectivity index (χ0v) is 16.5. The lowest BCUT2D eigenvalue weighted by atomic mass is 10.2. The SMILES string of the molecule is Cc1nc(-c2ccc(NC(=O)/C=C/c3ccc(Oc4cccnc4)c(F)c3)cc2)n[nH]1. The van der Waals surface area contributed by atoms with E-state index in [4.69, 9.17) is 4.74 Å². The number of carbonyl (C=O) groups is 1. The molecule has 4 rings (SSSR count). The topological polar surface area (TPSA) is 92.8 Å². The van der Waals surface area contributed by atoms with Crippen LogP contribution in [0, 0.1) is 12.7 Å². The number of benzene rings is 2. The fourth-order valence-corrected chi connectivity index (χ4v) is 2.77. The number of hydrogen-bond acceptors (Lipinski definition) is 5. The van der Waals surface area contributed by atoms with Gasteiger partial charge >= 0.3 is 0 Å². The van der Waals surface area contributed by atoms with Crippen molar-refractivity contribution in [2.45, 2.75) is 6.92 Å². The number of nitrogens with one attached hydrogen (secondary N) is 2. The van der Waals surface area contributed by atoms with Gasteiger partial charge < -0.3 is 10.1 Å². The van der Waals surface area contributed by atoms with Crippen molar-refractivity contribution in [3.63, 3.8) is 0 Å². The Labute approximate surface area is 177 Å². The maximum absolute atomic E-state index is 14.3. The molecule has 0 aliphatic heterocycles. The predicted octanol–water partition coefficient (Wildman–Crippen LogP) is 4.76. The molecule has 0 radical (unpaired) electrons. The number of aromatic amines is 1. The molecule has 0 fully saturated rings. The molecule has 2 aromatic carbocycles. The second kappa shape index (κ2) is 9.00. The Kier molecular flexibility index (Phi) is 5.79. The minimum absolute atomic E-state index is 0.0799. The maximum atomic E-state index is 14.3. The van der Waals surface area contributed by atoms with Crippen molar-refractivity contribution < 1.29 is 13.9 Å². The van der Waals surface area contributed by atoms with Gasteiger partial charge in [-0.25, -0.2) is 9.37 Å². The summed E-state index contributed by atoms with van der Waals surface area (Å²) >= 11 is 0. The van der Waals surface area contributed by atoms with E-state index in [1.807, 2.05) is 19.1 Å². The number of halogens is 1. The van der Waals surface area contributed by atoms with Crippen molar-refractivity contribution in [1.29, 1.82) is 0 Å². The molecule has 4 aromatic rings. The Morgan fingerprint density at radius 1 is 1.16 bits per heavy atom. The Balaban J connectivity index is 1.37. The van der Waals surface area contributed by atoms with Crippen LogP contribution in [0.3, 0.4) is 0 Å². The average Bonchev–Trinajstić information content (AvgIpc) is 3.21. The van der Waals surface area contributed by atoms with Crippen LogP contribution in [-0.2, 0) is 4.79 Å². The van der Waals surface area contributed by atoms with Crippen LogP contribution in [0.2, 0.25) is 0 Å². The fraction of sp³-hybridized carbons (Fsp3) is 0.0435. The molecule has 2 heterocycles. The van der Waals surface area contributed by atoms with Crippen LogP contribution >= 0.6 is 0 Å². The average molecular weight is 415 g/mol. The van der Waals surface area contributed by atoms with E-state index in [0.29, 0.717) is 22.8 Å². The summed E-state index contributed by atoms with van der Waals surface area (Å²) in [5.41, 5.74) is 1.99. The van der Waals surface area contributed by atoms with Crippen LogP contribution in [0.1, 0.15) is 11.4 Å². The Morgan fingerprint density at radius 2 is 2.00 bits per heavy atom. The van der Waals surface area contributed by atoms with Crippen LogP contribution in [0.15, 0.2) is 73.1 Å². The number of H-pyrrole nitrogens is 1. The van der Waals surface area contributed by atoms with Gasteiger partial charge in [0.15, 0.2) is 17.4 Å². The quantitative estimate of drug-likeness (QED) is 0.443. The van der Waals surface area contributed by atoms with Gasteiger partial charge in [-0.1, -0.05) is 6.07 Å². The molecule has 31 heavy (non-hydrogen) atoms. The van der Waals surface area contributed by atoms with Gasteiger partial charge in [0.1, 0.15) is 11.6 Å². The van der Waals surface area contributed by atoms with Gasteiger partial charge in [-0.05, 0) is 67.1 Å². The van der Waals surface area contributed by atoms with E-state index >= 15 is 0 Å².